The van der Waals surface area contributed by atoms with Gasteiger partial charge in [-0.15, -0.1) is 0 Å². The van der Waals surface area contributed by atoms with Gasteiger partial charge in [0.2, 0.25) is 0 Å². The first-order chi connectivity index (χ1) is 12.0. The first kappa shape index (κ1) is 19.3. The van der Waals surface area contributed by atoms with Crippen LogP contribution >= 0.6 is 0 Å². The number of esters is 2. The lowest BCUT2D eigenvalue weighted by Crippen LogP contribution is -2.23. The van der Waals surface area contributed by atoms with Crippen LogP contribution in [-0.2, 0) is 28.7 Å². The summed E-state index contributed by atoms with van der Waals surface area (Å²) in [4.78, 5) is 47.2. The fourth-order valence-corrected chi connectivity index (χ4v) is 3.42. The van der Waals surface area contributed by atoms with Crippen molar-refractivity contribution in [2.24, 2.45) is 11.8 Å². The zero-order valence-corrected chi connectivity index (χ0v) is 14.6. The number of rotatable bonds is 9. The van der Waals surface area contributed by atoms with Crippen molar-refractivity contribution in [2.75, 3.05) is 13.2 Å². The molecule has 0 radical (unpaired) electrons. The molecule has 2 aliphatic rings. The first-order valence-electron chi connectivity index (χ1n) is 9.03. The van der Waals surface area contributed by atoms with Crippen LogP contribution in [0.2, 0.25) is 0 Å². The molecule has 0 bridgehead atoms. The molecule has 2 fully saturated rings. The number of Topliss-reactive ketones (excluding diaryl/α,β-unsaturated/α-hetero) is 2. The maximum absolute atomic E-state index is 11.9. The Labute approximate surface area is 147 Å². The third-order valence-electron chi connectivity index (χ3n) is 4.99. The molecular formula is C19H26O6. The Morgan fingerprint density at radius 3 is 1.68 bits per heavy atom. The molecule has 0 atom stereocenters. The van der Waals surface area contributed by atoms with Crippen molar-refractivity contribution < 1.29 is 28.7 Å². The Morgan fingerprint density at radius 1 is 0.760 bits per heavy atom. The molecule has 2 aliphatic carbocycles. The lowest BCUT2D eigenvalue weighted by Gasteiger charge is -2.11. The molecule has 0 heterocycles. The van der Waals surface area contributed by atoms with Gasteiger partial charge in [-0.3, -0.25) is 14.4 Å². The van der Waals surface area contributed by atoms with Crippen molar-refractivity contribution in [1.82, 2.24) is 0 Å². The molecule has 0 aromatic heterocycles. The van der Waals surface area contributed by atoms with Crippen LogP contribution < -0.4 is 0 Å². The van der Waals surface area contributed by atoms with Crippen LogP contribution in [-0.4, -0.2) is 36.7 Å². The summed E-state index contributed by atoms with van der Waals surface area (Å²) in [5, 5.41) is 0. The van der Waals surface area contributed by atoms with E-state index in [1.165, 1.54) is 0 Å². The molecule has 25 heavy (non-hydrogen) atoms. The number of hydrogen-bond acceptors (Lipinski definition) is 6. The van der Waals surface area contributed by atoms with Gasteiger partial charge < -0.3 is 9.47 Å². The maximum atomic E-state index is 11.9. The number of carbonyl (C=O) groups excluding carboxylic acids is 4. The van der Waals surface area contributed by atoms with Crippen LogP contribution in [0.1, 0.15) is 57.8 Å². The summed E-state index contributed by atoms with van der Waals surface area (Å²) in [7, 11) is 0. The summed E-state index contributed by atoms with van der Waals surface area (Å²) in [6.07, 6.45) is 7.19. The van der Waals surface area contributed by atoms with E-state index in [4.69, 9.17) is 9.47 Å². The zero-order chi connectivity index (χ0) is 18.2. The summed E-state index contributed by atoms with van der Waals surface area (Å²) >= 11 is 0. The van der Waals surface area contributed by atoms with Crippen LogP contribution in [0.4, 0.5) is 0 Å². The SMILES string of the molecule is C=C(CC(=O)OCC(=O)C1CCCC1)C(=O)OCC(=O)C1CCCC1. The first-order valence-corrected chi connectivity index (χ1v) is 9.03. The van der Waals surface area contributed by atoms with Gasteiger partial charge in [-0.05, 0) is 25.7 Å². The molecule has 0 N–H and O–H groups in total. The van der Waals surface area contributed by atoms with Gasteiger partial charge in [-0.1, -0.05) is 32.3 Å². The van der Waals surface area contributed by atoms with Gasteiger partial charge in [-0.2, -0.15) is 0 Å². The van der Waals surface area contributed by atoms with E-state index in [9.17, 15) is 19.2 Å². The molecule has 0 spiro atoms. The van der Waals surface area contributed by atoms with Crippen LogP contribution in [0.5, 0.6) is 0 Å². The van der Waals surface area contributed by atoms with Crippen molar-refractivity contribution in [3.63, 3.8) is 0 Å². The van der Waals surface area contributed by atoms with E-state index in [2.05, 4.69) is 6.58 Å². The van der Waals surface area contributed by atoms with E-state index >= 15 is 0 Å². The zero-order valence-electron chi connectivity index (χ0n) is 14.6. The normalized spacial score (nSPS) is 18.1. The summed E-state index contributed by atoms with van der Waals surface area (Å²) in [6.45, 7) is 2.97. The van der Waals surface area contributed by atoms with Crippen molar-refractivity contribution in [2.45, 2.75) is 57.8 Å². The van der Waals surface area contributed by atoms with Crippen molar-refractivity contribution in [1.29, 1.82) is 0 Å². The monoisotopic (exact) mass is 350 g/mol. The molecule has 138 valence electrons. The van der Waals surface area contributed by atoms with E-state index in [1.807, 2.05) is 0 Å². The number of hydrogen-bond donors (Lipinski definition) is 0. The summed E-state index contributed by atoms with van der Waals surface area (Å²) in [5.74, 6) is -1.64. The second kappa shape index (κ2) is 9.49. The van der Waals surface area contributed by atoms with Gasteiger partial charge in [0.15, 0.2) is 18.2 Å². The second-order valence-electron chi connectivity index (χ2n) is 6.91. The standard InChI is InChI=1S/C19H26O6/c1-13(19(23)25-12-17(21)15-8-4-5-9-15)10-18(22)24-11-16(20)14-6-2-3-7-14/h14-15H,1-12H2. The van der Waals surface area contributed by atoms with Crippen molar-refractivity contribution >= 4 is 23.5 Å². The Morgan fingerprint density at radius 2 is 1.20 bits per heavy atom. The Hall–Kier alpha value is -1.98. The molecule has 6 heteroatoms. The average molecular weight is 350 g/mol. The smallest absolute Gasteiger partial charge is 0.334 e. The molecule has 0 aromatic rings. The van der Waals surface area contributed by atoms with Crippen molar-refractivity contribution in [3.05, 3.63) is 12.2 Å². The van der Waals surface area contributed by atoms with E-state index in [-0.39, 0.29) is 48.6 Å². The Kier molecular flexibility index (Phi) is 7.34. The summed E-state index contributed by atoms with van der Waals surface area (Å²) in [6, 6.07) is 0. The fourth-order valence-electron chi connectivity index (χ4n) is 3.42. The fraction of sp³-hybridized carbons (Fsp3) is 0.684. The highest BCUT2D eigenvalue weighted by atomic mass is 16.5. The molecular weight excluding hydrogens is 324 g/mol. The van der Waals surface area contributed by atoms with Crippen molar-refractivity contribution in [3.8, 4) is 0 Å². The predicted molar refractivity (Wildman–Crippen MR) is 89.6 cm³/mol. The molecule has 0 aromatic carbocycles. The van der Waals surface area contributed by atoms with E-state index in [1.54, 1.807) is 0 Å². The molecule has 0 amide bonds. The summed E-state index contributed by atoms with van der Waals surface area (Å²) in [5.41, 5.74) is -0.0717. The maximum Gasteiger partial charge on any atom is 0.334 e. The number of ketones is 2. The topological polar surface area (TPSA) is 86.7 Å². The molecule has 2 saturated carbocycles. The van der Waals surface area contributed by atoms with Gasteiger partial charge >= 0.3 is 11.9 Å². The molecule has 6 nitrogen and oxygen atoms in total. The minimum Gasteiger partial charge on any atom is -0.457 e. The van der Waals surface area contributed by atoms with Gasteiger partial charge in [0.1, 0.15) is 6.61 Å². The Balaban J connectivity index is 1.63. The van der Waals surface area contributed by atoms with Crippen LogP contribution in [0.15, 0.2) is 12.2 Å². The van der Waals surface area contributed by atoms with E-state index in [0.717, 1.165) is 51.4 Å². The van der Waals surface area contributed by atoms with Crippen LogP contribution in [0, 0.1) is 11.8 Å². The van der Waals surface area contributed by atoms with Gasteiger partial charge in [0, 0.05) is 17.4 Å². The molecule has 0 saturated heterocycles. The molecule has 0 aliphatic heterocycles. The van der Waals surface area contributed by atoms with Crippen LogP contribution in [0.3, 0.4) is 0 Å². The van der Waals surface area contributed by atoms with E-state index < -0.39 is 11.9 Å². The third kappa shape index (κ3) is 6.11. The lowest BCUT2D eigenvalue weighted by molar-refractivity contribution is -0.150. The highest BCUT2D eigenvalue weighted by Crippen LogP contribution is 2.26. The minimum absolute atomic E-state index is 0.0115. The Bertz CT molecular complexity index is 538. The van der Waals surface area contributed by atoms with Gasteiger partial charge in [0.05, 0.1) is 6.42 Å². The van der Waals surface area contributed by atoms with Gasteiger partial charge in [-0.25, -0.2) is 4.79 Å². The van der Waals surface area contributed by atoms with Crippen LogP contribution in [0.25, 0.3) is 0 Å². The quantitative estimate of drug-likeness (QED) is 0.469. The largest absolute Gasteiger partial charge is 0.457 e. The second-order valence-corrected chi connectivity index (χ2v) is 6.91. The number of carbonyl (C=O) groups is 4. The average Bonchev–Trinajstić information content (AvgIpc) is 3.30. The molecule has 0 unspecified atom stereocenters. The van der Waals surface area contributed by atoms with Gasteiger partial charge in [0.25, 0.3) is 0 Å². The number of ether oxygens (including phenoxy) is 2. The predicted octanol–water partition coefficient (Wildman–Crippen LogP) is 2.54. The summed E-state index contributed by atoms with van der Waals surface area (Å²) < 4.78 is 9.84. The van der Waals surface area contributed by atoms with E-state index in [0.29, 0.717) is 0 Å². The third-order valence-corrected chi connectivity index (χ3v) is 4.99. The highest BCUT2D eigenvalue weighted by molar-refractivity contribution is 5.95. The molecule has 2 rings (SSSR count). The lowest BCUT2D eigenvalue weighted by atomic mass is 10.0. The highest BCUT2D eigenvalue weighted by Gasteiger charge is 2.25. The minimum atomic E-state index is -0.773.